The lowest BCUT2D eigenvalue weighted by molar-refractivity contribution is -0.173. The highest BCUT2D eigenvalue weighted by atomic mass is 35.5. The minimum absolute atomic E-state index is 0.0583. The predicted octanol–water partition coefficient (Wildman–Crippen LogP) is 4.15. The van der Waals surface area contributed by atoms with E-state index < -0.39 is 40.0 Å². The molecule has 0 aromatic heterocycles. The van der Waals surface area contributed by atoms with Gasteiger partial charge in [0.1, 0.15) is 0 Å². The summed E-state index contributed by atoms with van der Waals surface area (Å²) < 4.78 is 39.7. The van der Waals surface area contributed by atoms with Gasteiger partial charge in [-0.15, -0.1) is 0 Å². The van der Waals surface area contributed by atoms with E-state index in [9.17, 15) is 18.0 Å². The number of fused-ring (bicyclic) bond motifs is 1. The maximum Gasteiger partial charge on any atom is 0.313 e. The van der Waals surface area contributed by atoms with E-state index in [2.05, 4.69) is 0 Å². The summed E-state index contributed by atoms with van der Waals surface area (Å²) in [4.78, 5) is 25.2. The van der Waals surface area contributed by atoms with Crippen LogP contribution in [0.5, 0.6) is 0 Å². The first-order valence-electron chi connectivity index (χ1n) is 10.7. The van der Waals surface area contributed by atoms with E-state index in [1.165, 1.54) is 12.1 Å². The molecule has 0 bridgehead atoms. The first kappa shape index (κ1) is 23.3. The van der Waals surface area contributed by atoms with Crippen molar-refractivity contribution in [2.24, 2.45) is 11.8 Å². The standard InChI is InChI=1S/C24H24ClNO6S/c1-3-31-24(28)20-14-21(16-6-8-17(25)9-7-16)26(23-19(20)12-13-22(27)32-23)33(29,30)18-10-4-15(2)5-11-18/h4-11,14,19-20,23H,3,12-13H2,1-2H3/t19-,20+,23-/m1/s1. The molecule has 2 aliphatic heterocycles. The van der Waals surface area contributed by atoms with Gasteiger partial charge in [-0.05, 0) is 56.2 Å². The summed E-state index contributed by atoms with van der Waals surface area (Å²) in [6.45, 7) is 3.75. The molecule has 1 saturated heterocycles. The number of nitrogens with zero attached hydrogens (tertiary/aromatic N) is 1. The molecule has 2 aromatic rings. The van der Waals surface area contributed by atoms with Gasteiger partial charge in [0, 0.05) is 17.4 Å². The van der Waals surface area contributed by atoms with Crippen LogP contribution < -0.4 is 0 Å². The minimum Gasteiger partial charge on any atom is -0.466 e. The fourth-order valence-corrected chi connectivity index (χ4v) is 5.94. The van der Waals surface area contributed by atoms with Crippen molar-refractivity contribution in [3.63, 3.8) is 0 Å². The molecule has 1 fully saturated rings. The van der Waals surface area contributed by atoms with Crippen LogP contribution in [0, 0.1) is 18.8 Å². The third-order valence-corrected chi connectivity index (χ3v) is 7.89. The molecule has 0 amide bonds. The second kappa shape index (κ2) is 9.19. The average Bonchev–Trinajstić information content (AvgIpc) is 2.78. The van der Waals surface area contributed by atoms with Crippen molar-refractivity contribution in [2.75, 3.05) is 6.61 Å². The molecule has 3 atom stereocenters. The van der Waals surface area contributed by atoms with Gasteiger partial charge in [0.05, 0.1) is 23.1 Å². The van der Waals surface area contributed by atoms with E-state index in [-0.39, 0.29) is 23.6 Å². The Morgan fingerprint density at radius 2 is 1.82 bits per heavy atom. The largest absolute Gasteiger partial charge is 0.466 e. The number of rotatable bonds is 5. The SMILES string of the molecule is CCOC(=O)[C@H]1C=C(c2ccc(Cl)cc2)N(S(=O)(=O)c2ccc(C)cc2)[C@@H]2OC(=O)CC[C@H]12. The van der Waals surface area contributed by atoms with Gasteiger partial charge in [-0.2, -0.15) is 0 Å². The van der Waals surface area contributed by atoms with Gasteiger partial charge in [-0.1, -0.05) is 41.4 Å². The number of sulfonamides is 1. The van der Waals surface area contributed by atoms with Crippen LogP contribution in [0.3, 0.4) is 0 Å². The Labute approximate surface area is 198 Å². The molecule has 4 rings (SSSR count). The lowest BCUT2D eigenvalue weighted by Crippen LogP contribution is -2.54. The van der Waals surface area contributed by atoms with Gasteiger partial charge in [0.15, 0.2) is 6.23 Å². The minimum atomic E-state index is -4.14. The lowest BCUT2D eigenvalue weighted by atomic mass is 9.81. The number of benzene rings is 2. The zero-order valence-corrected chi connectivity index (χ0v) is 19.8. The molecule has 2 aliphatic rings. The Kier molecular flexibility index (Phi) is 6.50. The summed E-state index contributed by atoms with van der Waals surface area (Å²) in [7, 11) is -4.14. The highest BCUT2D eigenvalue weighted by Gasteiger charge is 2.50. The predicted molar refractivity (Wildman–Crippen MR) is 122 cm³/mol. The molecule has 174 valence electrons. The van der Waals surface area contributed by atoms with Crippen molar-refractivity contribution in [1.29, 1.82) is 0 Å². The van der Waals surface area contributed by atoms with Gasteiger partial charge in [-0.25, -0.2) is 12.7 Å². The second-order valence-electron chi connectivity index (χ2n) is 8.03. The third kappa shape index (κ3) is 4.50. The average molecular weight is 490 g/mol. The van der Waals surface area contributed by atoms with E-state index in [0.29, 0.717) is 17.0 Å². The zero-order valence-electron chi connectivity index (χ0n) is 18.2. The Morgan fingerprint density at radius 1 is 1.15 bits per heavy atom. The van der Waals surface area contributed by atoms with Crippen molar-refractivity contribution >= 4 is 39.3 Å². The fraction of sp³-hybridized carbons (Fsp3) is 0.333. The van der Waals surface area contributed by atoms with Crippen molar-refractivity contribution in [1.82, 2.24) is 4.31 Å². The number of carbonyl (C=O) groups is 2. The van der Waals surface area contributed by atoms with E-state index in [1.54, 1.807) is 49.4 Å². The van der Waals surface area contributed by atoms with Crippen LogP contribution in [0.2, 0.25) is 5.02 Å². The maximum absolute atomic E-state index is 13.9. The van der Waals surface area contributed by atoms with Gasteiger partial charge >= 0.3 is 11.9 Å². The molecule has 0 unspecified atom stereocenters. The maximum atomic E-state index is 13.9. The molecule has 2 heterocycles. The molecule has 2 aromatic carbocycles. The fourth-order valence-electron chi connectivity index (χ4n) is 4.21. The summed E-state index contributed by atoms with van der Waals surface area (Å²) in [6, 6.07) is 13.0. The molecular weight excluding hydrogens is 466 g/mol. The topological polar surface area (TPSA) is 90.0 Å². The van der Waals surface area contributed by atoms with Crippen LogP contribution >= 0.6 is 11.6 Å². The summed E-state index contributed by atoms with van der Waals surface area (Å²) in [5.41, 5.74) is 1.66. The number of carbonyl (C=O) groups excluding carboxylic acids is 2. The van der Waals surface area contributed by atoms with E-state index in [4.69, 9.17) is 21.1 Å². The summed E-state index contributed by atoms with van der Waals surface area (Å²) in [5, 5.41) is 0.479. The zero-order chi connectivity index (χ0) is 23.8. The Bertz CT molecular complexity index is 1190. The second-order valence-corrected chi connectivity index (χ2v) is 10.3. The van der Waals surface area contributed by atoms with E-state index >= 15 is 0 Å². The molecule has 7 nitrogen and oxygen atoms in total. The number of halogens is 1. The number of hydrogen-bond acceptors (Lipinski definition) is 6. The van der Waals surface area contributed by atoms with Crippen LogP contribution in [0.1, 0.15) is 30.9 Å². The van der Waals surface area contributed by atoms with E-state index in [1.807, 2.05) is 6.92 Å². The molecule has 0 N–H and O–H groups in total. The Hall–Kier alpha value is -2.84. The molecule has 0 radical (unpaired) electrons. The third-order valence-electron chi connectivity index (χ3n) is 5.84. The summed E-state index contributed by atoms with van der Waals surface area (Å²) >= 11 is 6.04. The molecule has 33 heavy (non-hydrogen) atoms. The highest BCUT2D eigenvalue weighted by Crippen LogP contribution is 2.44. The monoisotopic (exact) mass is 489 g/mol. The normalized spacial score (nSPS) is 22.8. The van der Waals surface area contributed by atoms with Gasteiger partial charge in [0.25, 0.3) is 10.0 Å². The van der Waals surface area contributed by atoms with Crippen LogP contribution in [-0.2, 0) is 29.1 Å². The van der Waals surface area contributed by atoms with Crippen LogP contribution in [0.25, 0.3) is 5.70 Å². The van der Waals surface area contributed by atoms with Gasteiger partial charge in [0.2, 0.25) is 0 Å². The summed E-state index contributed by atoms with van der Waals surface area (Å²) in [5.74, 6) is -2.33. The van der Waals surface area contributed by atoms with Gasteiger partial charge in [-0.3, -0.25) is 9.59 Å². The highest BCUT2D eigenvalue weighted by molar-refractivity contribution is 7.89. The van der Waals surface area contributed by atoms with Crippen molar-refractivity contribution in [2.45, 2.75) is 37.8 Å². The van der Waals surface area contributed by atoms with Gasteiger partial charge < -0.3 is 9.47 Å². The van der Waals surface area contributed by atoms with Crippen LogP contribution in [-0.4, -0.2) is 37.5 Å². The van der Waals surface area contributed by atoms with Crippen molar-refractivity contribution < 1.29 is 27.5 Å². The lowest BCUT2D eigenvalue weighted by Gasteiger charge is -2.45. The number of aryl methyl sites for hydroxylation is 1. The first-order valence-corrected chi connectivity index (χ1v) is 12.5. The quantitative estimate of drug-likeness (QED) is 0.586. The Morgan fingerprint density at radius 3 is 2.45 bits per heavy atom. The van der Waals surface area contributed by atoms with Crippen LogP contribution in [0.15, 0.2) is 59.5 Å². The first-order chi connectivity index (χ1) is 15.7. The molecule has 0 aliphatic carbocycles. The number of hydrogen-bond donors (Lipinski definition) is 0. The number of esters is 2. The number of ether oxygens (including phenoxy) is 2. The Balaban J connectivity index is 1.92. The van der Waals surface area contributed by atoms with Crippen LogP contribution in [0.4, 0.5) is 0 Å². The molecular formula is C24H24ClNO6S. The van der Waals surface area contributed by atoms with E-state index in [0.717, 1.165) is 9.87 Å². The molecule has 0 spiro atoms. The van der Waals surface area contributed by atoms with Crippen molar-refractivity contribution in [3.8, 4) is 0 Å². The molecule has 0 saturated carbocycles. The van der Waals surface area contributed by atoms with Crippen molar-refractivity contribution in [3.05, 3.63) is 70.8 Å². The smallest absolute Gasteiger partial charge is 0.313 e. The molecule has 9 heteroatoms. The summed E-state index contributed by atoms with van der Waals surface area (Å²) in [6.07, 6.45) is 0.826.